The minimum atomic E-state index is -1.06. The molecular weight excluding hydrogens is 594 g/mol. The summed E-state index contributed by atoms with van der Waals surface area (Å²) in [5.74, 6) is 0.300. The number of aromatic nitrogens is 3. The van der Waals surface area contributed by atoms with Crippen LogP contribution in [-0.4, -0.2) is 56.3 Å². The van der Waals surface area contributed by atoms with E-state index < -0.39 is 17.9 Å². The minimum absolute atomic E-state index is 0.0000533. The number of aromatic carboxylic acids is 1. The normalized spacial score (nSPS) is 20.8. The third kappa shape index (κ3) is 5.51. The van der Waals surface area contributed by atoms with Crippen molar-refractivity contribution in [3.63, 3.8) is 0 Å². The standard InChI is InChI=1S/C32H29Cl2FN4O4/c33-19-4-5-23(25(35)14-19)28-15-24(34)22-3-1-2-21(30(22)43-28)18-8-11-38(12-9-18)17-29-36-26-6-7-27(32(40)41)37-31(26)39(29)16-20-10-13-42-20/h1-7,14-15,18,20,28H,8-13,16-17H2,(H,40,41)/t20-,28-/m0/s1. The summed E-state index contributed by atoms with van der Waals surface area (Å²) < 4.78 is 28.9. The van der Waals surface area contributed by atoms with Crippen molar-refractivity contribution in [1.29, 1.82) is 0 Å². The predicted molar refractivity (Wildman–Crippen MR) is 161 cm³/mol. The molecule has 2 aromatic carbocycles. The van der Waals surface area contributed by atoms with E-state index >= 15 is 0 Å². The Balaban J connectivity index is 1.10. The Morgan fingerprint density at radius 2 is 1.86 bits per heavy atom. The van der Waals surface area contributed by atoms with Crippen LogP contribution in [-0.2, 0) is 17.8 Å². The fourth-order valence-electron chi connectivity index (χ4n) is 6.18. The molecule has 43 heavy (non-hydrogen) atoms. The average molecular weight is 624 g/mol. The number of benzene rings is 2. The van der Waals surface area contributed by atoms with Gasteiger partial charge in [0.05, 0.1) is 24.2 Å². The van der Waals surface area contributed by atoms with Gasteiger partial charge in [-0.2, -0.15) is 0 Å². The van der Waals surface area contributed by atoms with Gasteiger partial charge in [0.25, 0.3) is 0 Å². The summed E-state index contributed by atoms with van der Waals surface area (Å²) in [5, 5.41) is 10.3. The van der Waals surface area contributed by atoms with Crippen molar-refractivity contribution in [3.8, 4) is 5.75 Å². The Bertz CT molecular complexity index is 1750. The van der Waals surface area contributed by atoms with Gasteiger partial charge in [-0.25, -0.2) is 19.2 Å². The molecule has 5 heterocycles. The molecule has 0 bridgehead atoms. The van der Waals surface area contributed by atoms with E-state index in [-0.39, 0.29) is 17.7 Å². The van der Waals surface area contributed by atoms with Crippen LogP contribution in [0.25, 0.3) is 16.2 Å². The van der Waals surface area contributed by atoms with Crippen LogP contribution in [0.1, 0.15) is 64.3 Å². The van der Waals surface area contributed by atoms with E-state index in [0.29, 0.717) is 45.6 Å². The second-order valence-corrected chi connectivity index (χ2v) is 12.1. The molecule has 0 radical (unpaired) electrons. The smallest absolute Gasteiger partial charge is 0.354 e. The van der Waals surface area contributed by atoms with E-state index in [0.717, 1.165) is 55.9 Å². The van der Waals surface area contributed by atoms with Gasteiger partial charge in [-0.05, 0) is 80.2 Å². The van der Waals surface area contributed by atoms with Gasteiger partial charge in [0, 0.05) is 22.8 Å². The SMILES string of the molecule is O=C(O)c1ccc2nc(CN3CCC(c4cccc5c4O[C@H](c4ccc(Cl)cc4F)C=C5Cl)CC3)n(C[C@@H]3CCO3)c2n1. The van der Waals surface area contributed by atoms with Gasteiger partial charge in [0.2, 0.25) is 0 Å². The number of imidazole rings is 1. The quantitative estimate of drug-likeness (QED) is 0.242. The lowest BCUT2D eigenvalue weighted by Gasteiger charge is -2.34. The molecule has 2 atom stereocenters. The van der Waals surface area contributed by atoms with Crippen LogP contribution in [0, 0.1) is 5.82 Å². The number of para-hydroxylation sites is 1. The van der Waals surface area contributed by atoms with Gasteiger partial charge in [0.15, 0.2) is 11.3 Å². The van der Waals surface area contributed by atoms with E-state index in [1.54, 1.807) is 24.3 Å². The molecule has 2 aromatic heterocycles. The van der Waals surface area contributed by atoms with Gasteiger partial charge >= 0.3 is 5.97 Å². The number of fused-ring (bicyclic) bond motifs is 2. The van der Waals surface area contributed by atoms with Crippen molar-refractivity contribution < 1.29 is 23.8 Å². The van der Waals surface area contributed by atoms with Crippen molar-refractivity contribution in [2.24, 2.45) is 0 Å². The maximum Gasteiger partial charge on any atom is 0.354 e. The number of rotatable bonds is 7. The minimum Gasteiger partial charge on any atom is -0.480 e. The molecule has 3 aliphatic heterocycles. The van der Waals surface area contributed by atoms with E-state index in [2.05, 4.69) is 16.0 Å². The Labute approximate surface area is 257 Å². The van der Waals surface area contributed by atoms with Crippen molar-refractivity contribution in [1.82, 2.24) is 19.4 Å². The fourth-order valence-corrected chi connectivity index (χ4v) is 6.60. The number of hydrogen-bond donors (Lipinski definition) is 1. The van der Waals surface area contributed by atoms with Gasteiger partial charge in [0.1, 0.15) is 29.0 Å². The molecule has 3 aliphatic rings. The number of piperidine rings is 1. The van der Waals surface area contributed by atoms with Crippen LogP contribution >= 0.6 is 23.2 Å². The topological polar surface area (TPSA) is 89.7 Å². The Morgan fingerprint density at radius 3 is 2.58 bits per heavy atom. The zero-order chi connectivity index (χ0) is 29.7. The number of hydrogen-bond acceptors (Lipinski definition) is 6. The number of carboxylic acids is 1. The summed E-state index contributed by atoms with van der Waals surface area (Å²) in [7, 11) is 0. The zero-order valence-electron chi connectivity index (χ0n) is 23.2. The molecule has 0 amide bonds. The lowest BCUT2D eigenvalue weighted by atomic mass is 9.87. The predicted octanol–water partition coefficient (Wildman–Crippen LogP) is 6.80. The first-order valence-corrected chi connectivity index (χ1v) is 15.2. The molecule has 222 valence electrons. The molecule has 1 N–H and O–H groups in total. The Hall–Kier alpha value is -3.50. The van der Waals surface area contributed by atoms with E-state index in [4.69, 9.17) is 37.7 Å². The maximum atomic E-state index is 14.8. The maximum absolute atomic E-state index is 14.8. The zero-order valence-corrected chi connectivity index (χ0v) is 24.7. The van der Waals surface area contributed by atoms with Crippen LogP contribution in [0.15, 0.2) is 54.6 Å². The lowest BCUT2D eigenvalue weighted by Crippen LogP contribution is -2.35. The first-order valence-electron chi connectivity index (χ1n) is 14.4. The van der Waals surface area contributed by atoms with Gasteiger partial charge in [-0.3, -0.25) is 4.90 Å². The molecule has 2 saturated heterocycles. The molecule has 0 spiro atoms. The molecule has 0 aliphatic carbocycles. The number of carboxylic acid groups (broad SMARTS) is 1. The molecule has 0 unspecified atom stereocenters. The third-order valence-electron chi connectivity index (χ3n) is 8.58. The fraction of sp³-hybridized carbons (Fsp3) is 0.344. The number of carbonyl (C=O) groups is 1. The Morgan fingerprint density at radius 1 is 1.05 bits per heavy atom. The number of nitrogens with zero attached hydrogens (tertiary/aromatic N) is 4. The molecule has 7 rings (SSSR count). The molecular formula is C32H29Cl2FN4O4. The van der Waals surface area contributed by atoms with Gasteiger partial charge in [-0.1, -0.05) is 41.4 Å². The number of pyridine rings is 1. The molecule has 8 nitrogen and oxygen atoms in total. The summed E-state index contributed by atoms with van der Waals surface area (Å²) >= 11 is 12.7. The first kappa shape index (κ1) is 28.3. The van der Waals surface area contributed by atoms with Crippen LogP contribution < -0.4 is 4.74 Å². The monoisotopic (exact) mass is 622 g/mol. The van der Waals surface area contributed by atoms with Crippen LogP contribution in [0.5, 0.6) is 5.75 Å². The Kier molecular flexibility index (Phi) is 7.59. The highest BCUT2D eigenvalue weighted by Crippen LogP contribution is 2.46. The highest BCUT2D eigenvalue weighted by atomic mass is 35.5. The second kappa shape index (κ2) is 11.5. The van der Waals surface area contributed by atoms with Crippen molar-refractivity contribution >= 4 is 45.4 Å². The van der Waals surface area contributed by atoms with E-state index in [1.807, 2.05) is 16.7 Å². The highest BCUT2D eigenvalue weighted by Gasteiger charge is 2.31. The molecule has 0 saturated carbocycles. The highest BCUT2D eigenvalue weighted by molar-refractivity contribution is 6.49. The van der Waals surface area contributed by atoms with Crippen molar-refractivity contribution in [2.75, 3.05) is 19.7 Å². The second-order valence-electron chi connectivity index (χ2n) is 11.3. The summed E-state index contributed by atoms with van der Waals surface area (Å²) in [4.78, 5) is 23.2. The van der Waals surface area contributed by atoms with Gasteiger partial charge in [-0.15, -0.1) is 0 Å². The van der Waals surface area contributed by atoms with Crippen molar-refractivity contribution in [2.45, 2.75) is 50.5 Å². The van der Waals surface area contributed by atoms with Crippen LogP contribution in [0.4, 0.5) is 4.39 Å². The number of likely N-dealkylation sites (tertiary alicyclic amines) is 1. The number of halogens is 3. The molecule has 4 aromatic rings. The number of ether oxygens (including phenoxy) is 2. The largest absolute Gasteiger partial charge is 0.480 e. The summed E-state index contributed by atoms with van der Waals surface area (Å²) in [6.45, 7) is 3.62. The summed E-state index contributed by atoms with van der Waals surface area (Å²) in [5.41, 5.74) is 3.52. The van der Waals surface area contributed by atoms with E-state index in [9.17, 15) is 14.3 Å². The van der Waals surface area contributed by atoms with Gasteiger partial charge < -0.3 is 19.1 Å². The lowest BCUT2D eigenvalue weighted by molar-refractivity contribution is -0.0593. The molecule has 11 heteroatoms. The summed E-state index contributed by atoms with van der Waals surface area (Å²) in [6, 6.07) is 13.8. The van der Waals surface area contributed by atoms with Crippen LogP contribution in [0.2, 0.25) is 5.02 Å². The average Bonchev–Trinajstić information content (AvgIpc) is 3.31. The summed E-state index contributed by atoms with van der Waals surface area (Å²) in [6.07, 6.45) is 3.91. The third-order valence-corrected chi connectivity index (χ3v) is 9.14. The van der Waals surface area contributed by atoms with Crippen LogP contribution in [0.3, 0.4) is 0 Å². The first-order chi connectivity index (χ1) is 20.8. The van der Waals surface area contributed by atoms with E-state index in [1.165, 1.54) is 12.1 Å². The molecule has 2 fully saturated rings. The van der Waals surface area contributed by atoms with Crippen molar-refractivity contribution in [3.05, 3.63) is 93.7 Å².